The Labute approximate surface area is 185 Å². The molecule has 180 valence electrons. The SMILES string of the molecule is Cn1nc(-c2ccccc2)cc1CN1CC2C(C(=O)O)NC(C(C(F)(F)F)C(F)(F)F)C2C1. The van der Waals surface area contributed by atoms with Gasteiger partial charge in [0.2, 0.25) is 0 Å². The molecule has 4 unspecified atom stereocenters. The molecule has 0 amide bonds. The normalized spacial score (nSPS) is 26.2. The maximum absolute atomic E-state index is 13.4. The van der Waals surface area contributed by atoms with Crippen LogP contribution < -0.4 is 5.32 Å². The highest BCUT2D eigenvalue weighted by Gasteiger charge is 2.66. The molecule has 6 nitrogen and oxygen atoms in total. The maximum atomic E-state index is 13.4. The third-order valence-electron chi connectivity index (χ3n) is 6.51. The topological polar surface area (TPSA) is 70.4 Å². The summed E-state index contributed by atoms with van der Waals surface area (Å²) >= 11 is 0. The molecule has 33 heavy (non-hydrogen) atoms. The van der Waals surface area contributed by atoms with Crippen LogP contribution in [0, 0.1) is 17.8 Å². The van der Waals surface area contributed by atoms with Crippen molar-refractivity contribution in [2.24, 2.45) is 24.8 Å². The lowest BCUT2D eigenvalue weighted by molar-refractivity contribution is -0.293. The molecule has 0 radical (unpaired) electrons. The summed E-state index contributed by atoms with van der Waals surface area (Å²) in [5, 5.41) is 16.0. The van der Waals surface area contributed by atoms with Crippen LogP contribution in [0.5, 0.6) is 0 Å². The number of benzene rings is 1. The molecular formula is C21H22F6N4O2. The second kappa shape index (κ2) is 8.32. The average molecular weight is 476 g/mol. The minimum absolute atomic E-state index is 0.0689. The first-order valence-electron chi connectivity index (χ1n) is 10.3. The lowest BCUT2D eigenvalue weighted by Crippen LogP contribution is -2.53. The first-order valence-corrected chi connectivity index (χ1v) is 10.3. The van der Waals surface area contributed by atoms with Gasteiger partial charge in [-0.25, -0.2) is 0 Å². The van der Waals surface area contributed by atoms with Crippen molar-refractivity contribution in [1.29, 1.82) is 0 Å². The second-order valence-electron chi connectivity index (χ2n) is 8.60. The van der Waals surface area contributed by atoms with E-state index >= 15 is 0 Å². The molecule has 0 spiro atoms. The van der Waals surface area contributed by atoms with Gasteiger partial charge in [-0.15, -0.1) is 0 Å². The first kappa shape index (κ1) is 23.6. The van der Waals surface area contributed by atoms with E-state index in [0.717, 1.165) is 5.56 Å². The molecule has 0 saturated carbocycles. The summed E-state index contributed by atoms with van der Waals surface area (Å²) in [6.45, 7) is 0.213. The molecule has 1 aromatic carbocycles. The Bertz CT molecular complexity index is 992. The fourth-order valence-corrected chi connectivity index (χ4v) is 5.08. The highest BCUT2D eigenvalue weighted by atomic mass is 19.4. The number of rotatable bonds is 5. The summed E-state index contributed by atoms with van der Waals surface area (Å²) < 4.78 is 81.9. The van der Waals surface area contributed by atoms with Crippen molar-refractivity contribution < 1.29 is 36.2 Å². The van der Waals surface area contributed by atoms with E-state index in [9.17, 15) is 36.2 Å². The minimum Gasteiger partial charge on any atom is -0.480 e. The number of fused-ring (bicyclic) bond motifs is 1. The average Bonchev–Trinajstić information content (AvgIpc) is 3.36. The van der Waals surface area contributed by atoms with E-state index in [2.05, 4.69) is 10.4 Å². The number of aliphatic carboxylic acids is 1. The summed E-state index contributed by atoms with van der Waals surface area (Å²) in [4.78, 5) is 13.3. The van der Waals surface area contributed by atoms with Crippen LogP contribution in [0.25, 0.3) is 11.3 Å². The van der Waals surface area contributed by atoms with Crippen molar-refractivity contribution in [2.75, 3.05) is 13.1 Å². The van der Waals surface area contributed by atoms with Crippen molar-refractivity contribution in [3.05, 3.63) is 42.1 Å². The molecule has 4 atom stereocenters. The van der Waals surface area contributed by atoms with Gasteiger partial charge in [0, 0.05) is 44.2 Å². The number of alkyl halides is 6. The van der Waals surface area contributed by atoms with Gasteiger partial charge in [0.05, 0.1) is 11.4 Å². The van der Waals surface area contributed by atoms with E-state index in [1.165, 1.54) is 0 Å². The largest absolute Gasteiger partial charge is 0.480 e. The summed E-state index contributed by atoms with van der Waals surface area (Å²) in [6, 6.07) is 7.56. The van der Waals surface area contributed by atoms with Gasteiger partial charge in [0.25, 0.3) is 0 Å². The molecule has 0 aliphatic carbocycles. The van der Waals surface area contributed by atoms with Crippen molar-refractivity contribution in [1.82, 2.24) is 20.0 Å². The zero-order valence-corrected chi connectivity index (χ0v) is 17.4. The van der Waals surface area contributed by atoms with Gasteiger partial charge >= 0.3 is 18.3 Å². The monoisotopic (exact) mass is 476 g/mol. The Kier molecular flexibility index (Phi) is 5.94. The number of likely N-dealkylation sites (tertiary alicyclic amines) is 1. The van der Waals surface area contributed by atoms with Crippen molar-refractivity contribution in [3.63, 3.8) is 0 Å². The summed E-state index contributed by atoms with van der Waals surface area (Å²) in [5.41, 5.74) is 2.27. The van der Waals surface area contributed by atoms with Crippen molar-refractivity contribution in [2.45, 2.75) is 31.0 Å². The molecule has 2 aromatic rings. The maximum Gasteiger partial charge on any atom is 0.402 e. The van der Waals surface area contributed by atoms with Crippen LogP contribution in [0.15, 0.2) is 36.4 Å². The second-order valence-corrected chi connectivity index (χ2v) is 8.60. The molecule has 12 heteroatoms. The summed E-state index contributed by atoms with van der Waals surface area (Å²) in [7, 11) is 1.70. The number of carboxylic acids is 1. The molecule has 2 N–H and O–H groups in total. The Balaban J connectivity index is 1.57. The number of nitrogens with zero attached hydrogens (tertiary/aromatic N) is 3. The van der Waals surface area contributed by atoms with Gasteiger partial charge in [-0.3, -0.25) is 14.4 Å². The van der Waals surface area contributed by atoms with Crippen LogP contribution >= 0.6 is 0 Å². The predicted molar refractivity (Wildman–Crippen MR) is 105 cm³/mol. The molecule has 2 aliphatic rings. The van der Waals surface area contributed by atoms with Gasteiger partial charge in [-0.1, -0.05) is 30.3 Å². The molecule has 2 saturated heterocycles. The Morgan fingerprint density at radius 3 is 2.30 bits per heavy atom. The van der Waals surface area contributed by atoms with Gasteiger partial charge in [-0.05, 0) is 12.0 Å². The quantitative estimate of drug-likeness (QED) is 0.649. The number of aryl methyl sites for hydroxylation is 1. The summed E-state index contributed by atoms with van der Waals surface area (Å²) in [5.74, 6) is -7.07. The van der Waals surface area contributed by atoms with Crippen molar-refractivity contribution in [3.8, 4) is 11.3 Å². The van der Waals surface area contributed by atoms with E-state index in [4.69, 9.17) is 0 Å². The van der Waals surface area contributed by atoms with Gasteiger partial charge in [0.15, 0.2) is 5.92 Å². The number of carbonyl (C=O) groups is 1. The zero-order chi connectivity index (χ0) is 24.1. The van der Waals surface area contributed by atoms with Crippen LogP contribution in [-0.2, 0) is 18.4 Å². The zero-order valence-electron chi connectivity index (χ0n) is 17.4. The molecular weight excluding hydrogens is 454 g/mol. The highest BCUT2D eigenvalue weighted by Crippen LogP contribution is 2.48. The fourth-order valence-electron chi connectivity index (χ4n) is 5.08. The number of aromatic nitrogens is 2. The standard InChI is InChI=1S/C21H22F6N4O2/c1-30-12(7-15(29-30)11-5-3-2-4-6-11)8-31-9-13-14(10-31)17(19(32)33)28-16(13)18(20(22,23)24)21(25,26)27/h2-7,13-14,16-18,28H,8-10H2,1H3,(H,32,33). The Morgan fingerprint density at radius 1 is 1.12 bits per heavy atom. The van der Waals surface area contributed by atoms with Crippen LogP contribution in [0.2, 0.25) is 0 Å². The number of hydrogen-bond acceptors (Lipinski definition) is 4. The van der Waals surface area contributed by atoms with E-state index in [1.54, 1.807) is 16.6 Å². The van der Waals surface area contributed by atoms with E-state index in [0.29, 0.717) is 11.4 Å². The predicted octanol–water partition coefficient (Wildman–Crippen LogP) is 3.30. The van der Waals surface area contributed by atoms with Gasteiger partial charge < -0.3 is 10.4 Å². The number of halogens is 6. The van der Waals surface area contributed by atoms with Crippen molar-refractivity contribution >= 4 is 5.97 Å². The van der Waals surface area contributed by atoms with Crippen LogP contribution in [0.1, 0.15) is 5.69 Å². The van der Waals surface area contributed by atoms with E-state index in [1.807, 2.05) is 36.4 Å². The molecule has 1 aromatic heterocycles. The minimum atomic E-state index is -5.55. The molecule has 2 aliphatic heterocycles. The summed E-state index contributed by atoms with van der Waals surface area (Å²) in [6.07, 6.45) is -11.1. The van der Waals surface area contributed by atoms with Crippen LogP contribution in [-0.4, -0.2) is 63.3 Å². The number of carboxylic acid groups (broad SMARTS) is 1. The lowest BCUT2D eigenvalue weighted by Gasteiger charge is -2.32. The highest BCUT2D eigenvalue weighted by molar-refractivity contribution is 5.74. The third-order valence-corrected chi connectivity index (χ3v) is 6.51. The number of hydrogen-bond donors (Lipinski definition) is 2. The lowest BCUT2D eigenvalue weighted by atomic mass is 9.84. The smallest absolute Gasteiger partial charge is 0.402 e. The van der Waals surface area contributed by atoms with Crippen LogP contribution in [0.4, 0.5) is 26.3 Å². The Hall–Kier alpha value is -2.60. The van der Waals surface area contributed by atoms with Gasteiger partial charge in [-0.2, -0.15) is 31.4 Å². The van der Waals surface area contributed by atoms with Crippen LogP contribution in [0.3, 0.4) is 0 Å². The van der Waals surface area contributed by atoms with E-state index < -0.39 is 48.2 Å². The van der Waals surface area contributed by atoms with Gasteiger partial charge in [0.1, 0.15) is 6.04 Å². The third kappa shape index (κ3) is 4.58. The first-order chi connectivity index (χ1) is 15.4. The Morgan fingerprint density at radius 2 is 1.73 bits per heavy atom. The molecule has 3 heterocycles. The molecule has 2 fully saturated rings. The van der Waals surface area contributed by atoms with E-state index in [-0.39, 0.29) is 19.6 Å². The fraction of sp³-hybridized carbons (Fsp3) is 0.524. The number of nitrogens with one attached hydrogen (secondary N) is 1. The molecule has 4 rings (SSSR count). The molecule has 0 bridgehead atoms.